The van der Waals surface area contributed by atoms with E-state index in [0.717, 1.165) is 22.7 Å². The first-order chi connectivity index (χ1) is 11.8. The van der Waals surface area contributed by atoms with Crippen LogP contribution in [0.5, 0.6) is 5.75 Å². The fourth-order valence-electron chi connectivity index (χ4n) is 2.77. The molecule has 2 aromatic rings. The van der Waals surface area contributed by atoms with Gasteiger partial charge in [-0.25, -0.2) is 0 Å². The standard InChI is InChI=1S/C18H22N2O3S/c1-22-16-7-3-2-5-14(16)12-20(13-15-6-4-10-24-15)18(21)17-11-19-8-9-23-17/h2-7,10,17,19H,8-9,11-13H2,1H3. The summed E-state index contributed by atoms with van der Waals surface area (Å²) in [5.74, 6) is 0.811. The molecular formula is C18H22N2O3S. The number of ether oxygens (including phenoxy) is 2. The molecule has 1 aliphatic heterocycles. The normalized spacial score (nSPS) is 17.5. The third-order valence-corrected chi connectivity index (χ3v) is 4.86. The highest BCUT2D eigenvalue weighted by Crippen LogP contribution is 2.22. The highest BCUT2D eigenvalue weighted by molar-refractivity contribution is 7.09. The van der Waals surface area contributed by atoms with Crippen LogP contribution in [0.1, 0.15) is 10.4 Å². The number of morpholine rings is 1. The number of rotatable bonds is 6. The van der Waals surface area contributed by atoms with Gasteiger partial charge in [0.2, 0.25) is 0 Å². The van der Waals surface area contributed by atoms with Crippen LogP contribution in [-0.4, -0.2) is 43.7 Å². The largest absolute Gasteiger partial charge is 0.496 e. The first kappa shape index (κ1) is 17.0. The zero-order chi connectivity index (χ0) is 16.8. The minimum atomic E-state index is -0.423. The molecule has 5 nitrogen and oxygen atoms in total. The number of hydrogen-bond acceptors (Lipinski definition) is 5. The topological polar surface area (TPSA) is 50.8 Å². The second-order valence-corrected chi connectivity index (χ2v) is 6.68. The van der Waals surface area contributed by atoms with Gasteiger partial charge in [-0.05, 0) is 17.5 Å². The van der Waals surface area contributed by atoms with Crippen LogP contribution in [0, 0.1) is 0 Å². The molecule has 1 fully saturated rings. The van der Waals surface area contributed by atoms with Gasteiger partial charge in [-0.3, -0.25) is 4.79 Å². The number of carbonyl (C=O) groups excluding carboxylic acids is 1. The van der Waals surface area contributed by atoms with Crippen LogP contribution < -0.4 is 10.1 Å². The Bertz CT molecular complexity index is 654. The molecule has 24 heavy (non-hydrogen) atoms. The smallest absolute Gasteiger partial charge is 0.253 e. The first-order valence-corrected chi connectivity index (χ1v) is 8.91. The average molecular weight is 346 g/mol. The summed E-state index contributed by atoms with van der Waals surface area (Å²) < 4.78 is 11.1. The van der Waals surface area contributed by atoms with Gasteiger partial charge in [0.25, 0.3) is 5.91 Å². The molecule has 3 rings (SSSR count). The quantitative estimate of drug-likeness (QED) is 0.872. The average Bonchev–Trinajstić information content (AvgIpc) is 3.15. The van der Waals surface area contributed by atoms with Gasteiger partial charge in [0.05, 0.1) is 20.3 Å². The Labute approximate surface area is 146 Å². The van der Waals surface area contributed by atoms with Crippen molar-refractivity contribution in [2.75, 3.05) is 26.8 Å². The SMILES string of the molecule is COc1ccccc1CN(Cc1cccs1)C(=O)C1CNCCO1. The molecule has 2 heterocycles. The van der Waals surface area contributed by atoms with E-state index < -0.39 is 6.10 Å². The molecule has 1 aromatic heterocycles. The molecule has 1 aromatic carbocycles. The van der Waals surface area contributed by atoms with Gasteiger partial charge in [0, 0.05) is 30.1 Å². The van der Waals surface area contributed by atoms with Gasteiger partial charge in [-0.2, -0.15) is 0 Å². The lowest BCUT2D eigenvalue weighted by Crippen LogP contribution is -2.49. The fraction of sp³-hybridized carbons (Fsp3) is 0.389. The van der Waals surface area contributed by atoms with E-state index in [-0.39, 0.29) is 5.91 Å². The van der Waals surface area contributed by atoms with Crippen molar-refractivity contribution >= 4 is 17.2 Å². The summed E-state index contributed by atoms with van der Waals surface area (Å²) in [5, 5.41) is 5.25. The zero-order valence-corrected chi connectivity index (χ0v) is 14.6. The Balaban J connectivity index is 1.79. The fourth-order valence-corrected chi connectivity index (χ4v) is 3.49. The maximum Gasteiger partial charge on any atom is 0.253 e. The van der Waals surface area contributed by atoms with E-state index >= 15 is 0 Å². The lowest BCUT2D eigenvalue weighted by atomic mass is 10.1. The van der Waals surface area contributed by atoms with E-state index in [1.165, 1.54) is 0 Å². The van der Waals surface area contributed by atoms with Crippen LogP contribution in [0.2, 0.25) is 0 Å². The van der Waals surface area contributed by atoms with Crippen LogP contribution in [0.15, 0.2) is 41.8 Å². The van der Waals surface area contributed by atoms with E-state index in [9.17, 15) is 4.79 Å². The molecular weight excluding hydrogens is 324 g/mol. The van der Waals surface area contributed by atoms with E-state index in [2.05, 4.69) is 5.32 Å². The van der Waals surface area contributed by atoms with Gasteiger partial charge in [-0.1, -0.05) is 24.3 Å². The Morgan fingerprint density at radius 3 is 2.92 bits per heavy atom. The van der Waals surface area contributed by atoms with Crippen LogP contribution in [0.4, 0.5) is 0 Å². The second kappa shape index (κ2) is 8.28. The molecule has 0 spiro atoms. The number of thiophene rings is 1. The second-order valence-electron chi connectivity index (χ2n) is 5.65. The molecule has 1 amide bonds. The third kappa shape index (κ3) is 4.14. The molecule has 128 valence electrons. The first-order valence-electron chi connectivity index (χ1n) is 8.03. The number of amides is 1. The maximum atomic E-state index is 13.0. The summed E-state index contributed by atoms with van der Waals surface area (Å²) >= 11 is 1.65. The van der Waals surface area contributed by atoms with Crippen molar-refractivity contribution < 1.29 is 14.3 Å². The van der Waals surface area contributed by atoms with Crippen molar-refractivity contribution in [1.82, 2.24) is 10.2 Å². The summed E-state index contributed by atoms with van der Waals surface area (Å²) in [6.45, 7) is 3.00. The van der Waals surface area contributed by atoms with E-state index in [4.69, 9.17) is 9.47 Å². The van der Waals surface area contributed by atoms with Gasteiger partial charge >= 0.3 is 0 Å². The molecule has 0 radical (unpaired) electrons. The number of nitrogens with zero attached hydrogens (tertiary/aromatic N) is 1. The monoisotopic (exact) mass is 346 g/mol. The molecule has 1 aliphatic rings. The van der Waals surface area contributed by atoms with Crippen molar-refractivity contribution in [1.29, 1.82) is 0 Å². The lowest BCUT2D eigenvalue weighted by Gasteiger charge is -2.30. The molecule has 1 saturated heterocycles. The summed E-state index contributed by atoms with van der Waals surface area (Å²) in [7, 11) is 1.65. The number of para-hydroxylation sites is 1. The van der Waals surface area contributed by atoms with Crippen molar-refractivity contribution in [2.24, 2.45) is 0 Å². The summed E-state index contributed by atoms with van der Waals surface area (Å²) in [4.78, 5) is 16.0. The Morgan fingerprint density at radius 1 is 1.33 bits per heavy atom. The molecule has 0 aliphatic carbocycles. The molecule has 1 atom stereocenters. The van der Waals surface area contributed by atoms with Crippen molar-refractivity contribution in [2.45, 2.75) is 19.2 Å². The van der Waals surface area contributed by atoms with Crippen LogP contribution in [0.25, 0.3) is 0 Å². The minimum absolute atomic E-state index is 0.0153. The summed E-state index contributed by atoms with van der Waals surface area (Å²) in [5.41, 5.74) is 0.994. The Kier molecular flexibility index (Phi) is 5.85. The van der Waals surface area contributed by atoms with Crippen LogP contribution in [0.3, 0.4) is 0 Å². The van der Waals surface area contributed by atoms with Crippen LogP contribution in [-0.2, 0) is 22.6 Å². The highest BCUT2D eigenvalue weighted by Gasteiger charge is 2.27. The number of hydrogen-bond donors (Lipinski definition) is 1. The molecule has 0 bridgehead atoms. The predicted octanol–water partition coefficient (Wildman–Crippen LogP) is 2.27. The molecule has 1 unspecified atom stereocenters. The van der Waals surface area contributed by atoms with Gasteiger partial charge in [-0.15, -0.1) is 11.3 Å². The maximum absolute atomic E-state index is 13.0. The number of carbonyl (C=O) groups is 1. The Hall–Kier alpha value is -1.89. The van der Waals surface area contributed by atoms with E-state index in [1.54, 1.807) is 18.4 Å². The van der Waals surface area contributed by atoms with Crippen LogP contribution >= 0.6 is 11.3 Å². The van der Waals surface area contributed by atoms with Gasteiger partial charge in [0.15, 0.2) is 0 Å². The molecule has 1 N–H and O–H groups in total. The number of nitrogens with one attached hydrogen (secondary N) is 1. The lowest BCUT2D eigenvalue weighted by molar-refractivity contribution is -0.146. The zero-order valence-electron chi connectivity index (χ0n) is 13.7. The van der Waals surface area contributed by atoms with Gasteiger partial charge in [0.1, 0.15) is 11.9 Å². The van der Waals surface area contributed by atoms with Crippen molar-refractivity contribution in [3.05, 3.63) is 52.2 Å². The molecule has 6 heteroatoms. The number of benzene rings is 1. The van der Waals surface area contributed by atoms with E-state index in [0.29, 0.717) is 26.2 Å². The van der Waals surface area contributed by atoms with Gasteiger partial charge < -0.3 is 19.7 Å². The summed E-state index contributed by atoms with van der Waals surface area (Å²) in [6.07, 6.45) is -0.423. The third-order valence-electron chi connectivity index (χ3n) is 4.00. The summed E-state index contributed by atoms with van der Waals surface area (Å²) in [6, 6.07) is 11.9. The predicted molar refractivity (Wildman–Crippen MR) is 94.2 cm³/mol. The van der Waals surface area contributed by atoms with Crippen molar-refractivity contribution in [3.63, 3.8) is 0 Å². The van der Waals surface area contributed by atoms with Crippen molar-refractivity contribution in [3.8, 4) is 5.75 Å². The number of methoxy groups -OCH3 is 1. The highest BCUT2D eigenvalue weighted by atomic mass is 32.1. The minimum Gasteiger partial charge on any atom is -0.496 e. The molecule has 0 saturated carbocycles. The Morgan fingerprint density at radius 2 is 2.21 bits per heavy atom. The van der Waals surface area contributed by atoms with E-state index in [1.807, 2.05) is 46.7 Å².